The summed E-state index contributed by atoms with van der Waals surface area (Å²) in [4.78, 5) is 2.21. The van der Waals surface area contributed by atoms with Gasteiger partial charge in [0.2, 0.25) is 11.2 Å². The Kier molecular flexibility index (Phi) is 8.56. The van der Waals surface area contributed by atoms with E-state index in [1.165, 1.54) is 39.0 Å². The fourth-order valence-electron chi connectivity index (χ4n) is 4.38. The molecule has 1 aromatic heterocycles. The summed E-state index contributed by atoms with van der Waals surface area (Å²) in [7, 11) is 3.68. The van der Waals surface area contributed by atoms with Crippen molar-refractivity contribution in [1.29, 1.82) is 0 Å². The minimum absolute atomic E-state index is 0.773. The monoisotopic (exact) mass is 541 g/mol. The first-order valence-electron chi connectivity index (χ1n) is 11.4. The smallest absolute Gasteiger partial charge is 0.485 e. The van der Waals surface area contributed by atoms with Crippen LogP contribution in [0.5, 0.6) is 11.5 Å². The van der Waals surface area contributed by atoms with Gasteiger partial charge in [-0.3, -0.25) is 0 Å². The van der Waals surface area contributed by atoms with Crippen molar-refractivity contribution in [2.75, 3.05) is 46.7 Å². The molecule has 0 saturated carbocycles. The second-order valence-electron chi connectivity index (χ2n) is 8.77. The molecular formula is C25H30F3N3O5S. The van der Waals surface area contributed by atoms with E-state index < -0.39 is 15.6 Å². The predicted octanol–water partition coefficient (Wildman–Crippen LogP) is 3.47. The second kappa shape index (κ2) is 11.1. The number of aromatic nitrogens is 1. The molecule has 0 radical (unpaired) electrons. The average molecular weight is 542 g/mol. The molecule has 1 heterocycles. The van der Waals surface area contributed by atoms with Crippen LogP contribution in [0.1, 0.15) is 11.1 Å². The molecule has 3 aromatic rings. The Morgan fingerprint density at radius 3 is 2.24 bits per heavy atom. The van der Waals surface area contributed by atoms with Gasteiger partial charge in [-0.15, -0.1) is 0 Å². The van der Waals surface area contributed by atoms with Gasteiger partial charge in [-0.05, 0) is 50.7 Å². The maximum absolute atomic E-state index is 10.7. The zero-order valence-electron chi connectivity index (χ0n) is 21.3. The van der Waals surface area contributed by atoms with Gasteiger partial charge in [-0.25, -0.2) is 8.42 Å². The SMILES string of the molecule is COc1cc2c(cc1OC)-c1c(c(NCCN(C)C)c3ccccc3[n+]1C)CC2.O=S(=O)([O-])C(F)(F)F. The number of halogens is 3. The summed E-state index contributed by atoms with van der Waals surface area (Å²) >= 11 is 0. The van der Waals surface area contributed by atoms with Crippen molar-refractivity contribution < 1.29 is 40.2 Å². The van der Waals surface area contributed by atoms with Gasteiger partial charge in [0, 0.05) is 24.7 Å². The third-order valence-electron chi connectivity index (χ3n) is 6.11. The molecule has 37 heavy (non-hydrogen) atoms. The van der Waals surface area contributed by atoms with Crippen molar-refractivity contribution >= 4 is 26.7 Å². The standard InChI is InChI=1S/C24H29N3O2.CHF3O3S/c1-26(2)13-12-25-23-17-8-6-7-9-20(17)27(3)24-18(23)11-10-16-14-21(28-4)22(29-5)15-19(16)24;2-1(3,4)8(5,6)7/h6-9,14-15H,10-13H2,1-5H3;(H,5,6,7). The van der Waals surface area contributed by atoms with E-state index in [9.17, 15) is 13.2 Å². The Balaban J connectivity index is 0.000000414. The fraction of sp³-hybridized carbons (Fsp3) is 0.400. The van der Waals surface area contributed by atoms with Gasteiger partial charge in [-0.2, -0.15) is 17.7 Å². The van der Waals surface area contributed by atoms with Crippen LogP contribution in [0, 0.1) is 0 Å². The van der Waals surface area contributed by atoms with Gasteiger partial charge >= 0.3 is 5.51 Å². The lowest BCUT2D eigenvalue weighted by Crippen LogP contribution is -2.36. The molecule has 0 atom stereocenters. The van der Waals surface area contributed by atoms with E-state index in [-0.39, 0.29) is 0 Å². The first-order valence-corrected chi connectivity index (χ1v) is 12.8. The van der Waals surface area contributed by atoms with Crippen LogP contribution in [0.3, 0.4) is 0 Å². The van der Waals surface area contributed by atoms with Crippen LogP contribution in [0.4, 0.5) is 18.9 Å². The third-order valence-corrected chi connectivity index (χ3v) is 6.68. The lowest BCUT2D eigenvalue weighted by molar-refractivity contribution is -0.634. The number of nitrogens with one attached hydrogen (secondary N) is 1. The number of anilines is 1. The quantitative estimate of drug-likeness (QED) is 0.290. The molecule has 202 valence electrons. The summed E-state index contributed by atoms with van der Waals surface area (Å²) in [5, 5.41) is 5.02. The lowest BCUT2D eigenvalue weighted by Gasteiger charge is -2.24. The molecule has 0 fully saturated rings. The van der Waals surface area contributed by atoms with Crippen LogP contribution in [0.2, 0.25) is 0 Å². The highest BCUT2D eigenvalue weighted by molar-refractivity contribution is 7.86. The number of para-hydroxylation sites is 1. The number of likely N-dealkylation sites (N-methyl/N-ethyl adjacent to an activating group) is 1. The molecule has 0 spiro atoms. The number of alkyl halides is 3. The molecule has 1 N–H and O–H groups in total. The Morgan fingerprint density at radius 1 is 1.08 bits per heavy atom. The summed E-state index contributed by atoms with van der Waals surface area (Å²) in [6.45, 7) is 1.90. The summed E-state index contributed by atoms with van der Waals surface area (Å²) in [5.41, 5.74) is 2.01. The van der Waals surface area contributed by atoms with E-state index in [1.54, 1.807) is 14.2 Å². The molecular weight excluding hydrogens is 511 g/mol. The molecule has 0 saturated heterocycles. The molecule has 0 aliphatic heterocycles. The van der Waals surface area contributed by atoms with Crippen LogP contribution in [0.25, 0.3) is 22.2 Å². The maximum atomic E-state index is 10.7. The number of hydrogen-bond donors (Lipinski definition) is 1. The minimum Gasteiger partial charge on any atom is -0.741 e. The van der Waals surface area contributed by atoms with Crippen LogP contribution >= 0.6 is 0 Å². The number of nitrogens with zero attached hydrogens (tertiary/aromatic N) is 2. The fourth-order valence-corrected chi connectivity index (χ4v) is 4.38. The number of rotatable bonds is 6. The van der Waals surface area contributed by atoms with Crippen molar-refractivity contribution in [2.45, 2.75) is 18.3 Å². The van der Waals surface area contributed by atoms with E-state index in [4.69, 9.17) is 22.4 Å². The highest BCUT2D eigenvalue weighted by Gasteiger charge is 2.37. The molecule has 2 aromatic carbocycles. The highest BCUT2D eigenvalue weighted by atomic mass is 32.2. The van der Waals surface area contributed by atoms with Crippen LogP contribution in [-0.4, -0.2) is 64.8 Å². The third kappa shape index (κ3) is 6.08. The summed E-state index contributed by atoms with van der Waals surface area (Å²) in [6, 6.07) is 12.9. The molecule has 1 aliphatic rings. The second-order valence-corrected chi connectivity index (χ2v) is 10.1. The molecule has 8 nitrogen and oxygen atoms in total. The molecule has 0 unspecified atom stereocenters. The van der Waals surface area contributed by atoms with E-state index in [0.717, 1.165) is 37.4 Å². The van der Waals surface area contributed by atoms with E-state index >= 15 is 0 Å². The number of benzene rings is 2. The summed E-state index contributed by atoms with van der Waals surface area (Å²) < 4.78 is 72.4. The van der Waals surface area contributed by atoms with Crippen molar-refractivity contribution in [3.8, 4) is 22.8 Å². The number of aryl methyl sites for hydroxylation is 2. The van der Waals surface area contributed by atoms with Crippen LogP contribution in [0.15, 0.2) is 36.4 Å². The molecule has 12 heteroatoms. The number of methoxy groups -OCH3 is 2. The van der Waals surface area contributed by atoms with Crippen LogP contribution in [-0.2, 0) is 30.0 Å². The molecule has 4 rings (SSSR count). The van der Waals surface area contributed by atoms with Gasteiger partial charge < -0.3 is 24.2 Å². The molecule has 1 aliphatic carbocycles. The Bertz CT molecular complexity index is 1390. The Morgan fingerprint density at radius 2 is 1.68 bits per heavy atom. The Hall–Kier alpha value is -3.09. The molecule has 0 amide bonds. The zero-order chi connectivity index (χ0) is 27.5. The van der Waals surface area contributed by atoms with Crippen molar-refractivity contribution in [2.24, 2.45) is 7.05 Å². The van der Waals surface area contributed by atoms with Gasteiger partial charge in [0.05, 0.1) is 30.9 Å². The van der Waals surface area contributed by atoms with E-state index in [0.29, 0.717) is 0 Å². The van der Waals surface area contributed by atoms with Gasteiger partial charge in [-0.1, -0.05) is 12.1 Å². The summed E-state index contributed by atoms with van der Waals surface area (Å²) in [5.74, 6) is 1.57. The van der Waals surface area contributed by atoms with Crippen molar-refractivity contribution in [1.82, 2.24) is 4.90 Å². The van der Waals surface area contributed by atoms with Crippen molar-refractivity contribution in [3.63, 3.8) is 0 Å². The normalized spacial score (nSPS) is 12.9. The van der Waals surface area contributed by atoms with Gasteiger partial charge in [0.25, 0.3) is 0 Å². The zero-order valence-corrected chi connectivity index (χ0v) is 22.1. The number of ether oxygens (including phenoxy) is 2. The first-order chi connectivity index (χ1) is 17.3. The maximum Gasteiger partial charge on any atom is 0.485 e. The first kappa shape index (κ1) is 28.5. The van der Waals surface area contributed by atoms with Crippen molar-refractivity contribution in [3.05, 3.63) is 47.5 Å². The largest absolute Gasteiger partial charge is 0.741 e. The molecule has 0 bridgehead atoms. The number of hydrogen-bond acceptors (Lipinski definition) is 7. The summed E-state index contributed by atoms with van der Waals surface area (Å²) in [6.07, 6.45) is 1.99. The number of fused-ring (bicyclic) bond motifs is 4. The number of pyridine rings is 1. The highest BCUT2D eigenvalue weighted by Crippen LogP contribution is 2.42. The Labute approximate surface area is 214 Å². The predicted molar refractivity (Wildman–Crippen MR) is 134 cm³/mol. The van der Waals surface area contributed by atoms with E-state index in [1.807, 2.05) is 0 Å². The van der Waals surface area contributed by atoms with Gasteiger partial charge in [0.1, 0.15) is 7.05 Å². The average Bonchev–Trinajstić information content (AvgIpc) is 2.83. The van der Waals surface area contributed by atoms with Gasteiger partial charge in [0.15, 0.2) is 21.6 Å². The topological polar surface area (TPSA) is 94.8 Å². The van der Waals surface area contributed by atoms with E-state index in [2.05, 4.69) is 72.3 Å². The van der Waals surface area contributed by atoms with Crippen LogP contribution < -0.4 is 19.4 Å². The lowest BCUT2D eigenvalue weighted by atomic mass is 9.86. The minimum atomic E-state index is -6.09.